The molecular weight excluding hydrogens is 322 g/mol. The molecule has 0 fully saturated rings. The normalized spacial score (nSPS) is 12.7. The molecule has 0 bridgehead atoms. The van der Waals surface area contributed by atoms with Crippen LogP contribution in [-0.2, 0) is 6.42 Å². The second-order valence-corrected chi connectivity index (χ2v) is 6.97. The fourth-order valence-electron chi connectivity index (χ4n) is 2.60. The van der Waals surface area contributed by atoms with Crippen LogP contribution in [0.2, 0.25) is 0 Å². The van der Waals surface area contributed by atoms with Crippen LogP contribution < -0.4 is 5.73 Å². The molecule has 1 atom stereocenters. The van der Waals surface area contributed by atoms with E-state index in [1.807, 2.05) is 0 Å². The topological polar surface area (TPSA) is 26.0 Å². The molecule has 0 radical (unpaired) electrons. The summed E-state index contributed by atoms with van der Waals surface area (Å²) in [6.45, 7) is 8.66. The zero-order valence-electron chi connectivity index (χ0n) is 13.3. The van der Waals surface area contributed by atoms with Gasteiger partial charge in [0.05, 0.1) is 0 Å². The van der Waals surface area contributed by atoms with Gasteiger partial charge >= 0.3 is 0 Å². The Morgan fingerprint density at radius 1 is 0.952 bits per heavy atom. The summed E-state index contributed by atoms with van der Waals surface area (Å²) in [6.07, 6.45) is 0.874. The van der Waals surface area contributed by atoms with E-state index in [1.165, 1.54) is 32.3 Å². The molecule has 0 aliphatic rings. The van der Waals surface area contributed by atoms with Crippen molar-refractivity contribution in [3.05, 3.63) is 68.7 Å². The maximum absolute atomic E-state index is 6.40. The molecule has 2 aromatic rings. The molecule has 1 nitrogen and oxygen atoms in total. The fourth-order valence-corrected chi connectivity index (χ4v) is 2.83. The molecule has 112 valence electrons. The molecule has 0 saturated heterocycles. The molecule has 0 aromatic heterocycles. The molecule has 2 aromatic carbocycles. The second-order valence-electron chi connectivity index (χ2n) is 6.18. The minimum atomic E-state index is 0.0420. The average molecular weight is 346 g/mol. The first-order valence-electron chi connectivity index (χ1n) is 7.49. The van der Waals surface area contributed by atoms with Crippen molar-refractivity contribution in [2.75, 3.05) is 0 Å². The van der Waals surface area contributed by atoms with Gasteiger partial charge in [-0.25, -0.2) is 0 Å². The molecule has 2 rings (SSSR count). The van der Waals surface area contributed by atoms with Crippen molar-refractivity contribution in [1.82, 2.24) is 0 Å². The maximum atomic E-state index is 6.40. The van der Waals surface area contributed by atoms with Crippen molar-refractivity contribution in [3.63, 3.8) is 0 Å². The van der Waals surface area contributed by atoms with E-state index in [2.05, 4.69) is 80.0 Å². The van der Waals surface area contributed by atoms with E-state index in [4.69, 9.17) is 5.73 Å². The lowest BCUT2D eigenvalue weighted by atomic mass is 9.95. The summed E-state index contributed by atoms with van der Waals surface area (Å²) in [5.41, 5.74) is 12.8. The molecule has 1 unspecified atom stereocenters. The highest BCUT2D eigenvalue weighted by Gasteiger charge is 2.11. The average Bonchev–Trinajstić information content (AvgIpc) is 2.44. The monoisotopic (exact) mass is 345 g/mol. The highest BCUT2D eigenvalue weighted by molar-refractivity contribution is 9.10. The van der Waals surface area contributed by atoms with Crippen LogP contribution in [0.15, 0.2) is 40.9 Å². The van der Waals surface area contributed by atoms with Crippen molar-refractivity contribution >= 4 is 15.9 Å². The van der Waals surface area contributed by atoms with Crippen LogP contribution in [0.4, 0.5) is 0 Å². The lowest BCUT2D eigenvalue weighted by Crippen LogP contribution is -2.14. The van der Waals surface area contributed by atoms with Crippen LogP contribution in [0, 0.1) is 13.8 Å². The van der Waals surface area contributed by atoms with Gasteiger partial charge in [-0.2, -0.15) is 0 Å². The van der Waals surface area contributed by atoms with Crippen LogP contribution in [-0.4, -0.2) is 0 Å². The molecule has 0 spiro atoms. The van der Waals surface area contributed by atoms with Gasteiger partial charge in [0, 0.05) is 10.5 Å². The van der Waals surface area contributed by atoms with E-state index < -0.39 is 0 Å². The van der Waals surface area contributed by atoms with Gasteiger partial charge in [0.25, 0.3) is 0 Å². The minimum Gasteiger partial charge on any atom is -0.324 e. The van der Waals surface area contributed by atoms with Gasteiger partial charge in [-0.1, -0.05) is 66.2 Å². The van der Waals surface area contributed by atoms with Gasteiger partial charge < -0.3 is 5.73 Å². The Labute approximate surface area is 136 Å². The van der Waals surface area contributed by atoms with Crippen LogP contribution in [0.5, 0.6) is 0 Å². The molecule has 0 aliphatic carbocycles. The van der Waals surface area contributed by atoms with Crippen LogP contribution in [0.1, 0.15) is 53.6 Å². The number of benzene rings is 2. The first-order chi connectivity index (χ1) is 9.88. The smallest absolute Gasteiger partial charge is 0.0335 e. The van der Waals surface area contributed by atoms with Gasteiger partial charge in [-0.3, -0.25) is 0 Å². The van der Waals surface area contributed by atoms with E-state index in [-0.39, 0.29) is 6.04 Å². The number of halogens is 1. The first kappa shape index (κ1) is 16.3. The second kappa shape index (κ2) is 6.76. The molecule has 0 saturated carbocycles. The Hall–Kier alpha value is -1.12. The van der Waals surface area contributed by atoms with Gasteiger partial charge in [0.2, 0.25) is 0 Å². The number of hydrogen-bond acceptors (Lipinski definition) is 1. The lowest BCUT2D eigenvalue weighted by molar-refractivity contribution is 0.719. The molecule has 0 heterocycles. The molecule has 0 aliphatic heterocycles. The predicted molar refractivity (Wildman–Crippen MR) is 94.8 cm³/mol. The summed E-state index contributed by atoms with van der Waals surface area (Å²) in [6, 6.07) is 13.2. The van der Waals surface area contributed by atoms with Crippen LogP contribution >= 0.6 is 15.9 Å². The summed E-state index contributed by atoms with van der Waals surface area (Å²) in [4.78, 5) is 0. The number of nitrogens with two attached hydrogens (primary N) is 1. The van der Waals surface area contributed by atoms with Crippen LogP contribution in [0.25, 0.3) is 0 Å². The van der Waals surface area contributed by atoms with Gasteiger partial charge in [0.15, 0.2) is 0 Å². The number of aryl methyl sites for hydroxylation is 2. The van der Waals surface area contributed by atoms with Crippen molar-refractivity contribution in [1.29, 1.82) is 0 Å². The number of rotatable bonds is 4. The highest BCUT2D eigenvalue weighted by atomic mass is 79.9. The molecule has 2 N–H and O–H groups in total. The molecule has 2 heteroatoms. The number of hydrogen-bond donors (Lipinski definition) is 1. The summed E-state index contributed by atoms with van der Waals surface area (Å²) >= 11 is 3.61. The van der Waals surface area contributed by atoms with E-state index in [1.54, 1.807) is 0 Å². The van der Waals surface area contributed by atoms with E-state index >= 15 is 0 Å². The van der Waals surface area contributed by atoms with Crippen LogP contribution in [0.3, 0.4) is 0 Å². The Morgan fingerprint density at radius 3 is 1.95 bits per heavy atom. The quantitative estimate of drug-likeness (QED) is 0.785. The van der Waals surface area contributed by atoms with Crippen molar-refractivity contribution in [2.45, 2.75) is 46.1 Å². The summed E-state index contributed by atoms with van der Waals surface area (Å²) < 4.78 is 1.18. The van der Waals surface area contributed by atoms with Crippen molar-refractivity contribution in [2.24, 2.45) is 5.73 Å². The third kappa shape index (κ3) is 3.96. The molecular formula is C19H24BrN. The zero-order chi connectivity index (χ0) is 15.6. The predicted octanol–water partition coefficient (Wildman–Crippen LogP) is 5.43. The summed E-state index contributed by atoms with van der Waals surface area (Å²) in [7, 11) is 0. The van der Waals surface area contributed by atoms with Crippen molar-refractivity contribution in [3.8, 4) is 0 Å². The summed E-state index contributed by atoms with van der Waals surface area (Å²) in [5, 5.41) is 0. The van der Waals surface area contributed by atoms with E-state index in [9.17, 15) is 0 Å². The zero-order valence-corrected chi connectivity index (χ0v) is 14.9. The largest absolute Gasteiger partial charge is 0.324 e. The Morgan fingerprint density at radius 2 is 1.48 bits per heavy atom. The third-order valence-electron chi connectivity index (χ3n) is 3.99. The van der Waals surface area contributed by atoms with E-state index in [0.29, 0.717) is 5.92 Å². The van der Waals surface area contributed by atoms with Gasteiger partial charge in [-0.05, 0) is 54.0 Å². The molecule has 0 amide bonds. The lowest BCUT2D eigenvalue weighted by Gasteiger charge is -2.16. The Balaban J connectivity index is 2.16. The minimum absolute atomic E-state index is 0.0420. The van der Waals surface area contributed by atoms with Crippen molar-refractivity contribution < 1.29 is 0 Å². The van der Waals surface area contributed by atoms with E-state index in [0.717, 1.165) is 6.42 Å². The van der Waals surface area contributed by atoms with Gasteiger partial charge in [-0.15, -0.1) is 0 Å². The Bertz CT molecular complexity index is 591. The van der Waals surface area contributed by atoms with Gasteiger partial charge in [0.1, 0.15) is 0 Å². The first-order valence-corrected chi connectivity index (χ1v) is 8.29. The standard InChI is InChI=1S/C19H24BrN/c1-12(2)16-7-5-15(6-8-16)11-18(21)17-9-13(3)19(20)14(4)10-17/h5-10,12,18H,11,21H2,1-4H3. The SMILES string of the molecule is Cc1cc(C(N)Cc2ccc(C(C)C)cc2)cc(C)c1Br. The Kier molecular flexibility index (Phi) is 5.23. The molecule has 21 heavy (non-hydrogen) atoms. The summed E-state index contributed by atoms with van der Waals surface area (Å²) in [5.74, 6) is 0.574. The highest BCUT2D eigenvalue weighted by Crippen LogP contribution is 2.26. The fraction of sp³-hybridized carbons (Fsp3) is 0.368. The third-order valence-corrected chi connectivity index (χ3v) is 5.24. The maximum Gasteiger partial charge on any atom is 0.0335 e.